The first-order valence-electron chi connectivity index (χ1n) is 6.45. The number of hydrogen-bond donors (Lipinski definition) is 0. The van der Waals surface area contributed by atoms with E-state index in [4.69, 9.17) is 0 Å². The van der Waals surface area contributed by atoms with Crippen molar-refractivity contribution in [1.82, 2.24) is 0 Å². The van der Waals surface area contributed by atoms with E-state index < -0.39 is 0 Å². The first-order chi connectivity index (χ1) is 7.13. The van der Waals surface area contributed by atoms with Gasteiger partial charge in [-0.05, 0) is 55.4 Å². The molecule has 0 nitrogen and oxygen atoms in total. The smallest absolute Gasteiger partial charge is 0.0106 e. The maximum atomic E-state index is 4.02. The molecule has 15 heavy (non-hydrogen) atoms. The van der Waals surface area contributed by atoms with E-state index in [1.165, 1.54) is 32.1 Å². The Morgan fingerprint density at radius 2 is 2.20 bits per heavy atom. The molecule has 2 rings (SSSR count). The van der Waals surface area contributed by atoms with Gasteiger partial charge >= 0.3 is 0 Å². The molecule has 1 fully saturated rings. The molecule has 1 saturated carbocycles. The minimum atomic E-state index is 0.581. The van der Waals surface area contributed by atoms with Crippen LogP contribution in [0.1, 0.15) is 52.9 Å². The average molecular weight is 204 g/mol. The zero-order valence-electron chi connectivity index (χ0n) is 10.5. The lowest BCUT2D eigenvalue weighted by atomic mass is 9.63. The van der Waals surface area contributed by atoms with E-state index in [1.807, 2.05) is 0 Å². The molecular formula is C15H24. The second-order valence-electron chi connectivity index (χ2n) is 5.68. The summed E-state index contributed by atoms with van der Waals surface area (Å²) < 4.78 is 0. The third kappa shape index (κ3) is 1.49. The fourth-order valence-corrected chi connectivity index (χ4v) is 4.09. The summed E-state index contributed by atoms with van der Waals surface area (Å²) >= 11 is 0. The molecule has 0 aliphatic heterocycles. The Balaban J connectivity index is 2.36. The molecule has 0 heterocycles. The Hall–Kier alpha value is -0.520. The Morgan fingerprint density at radius 3 is 2.80 bits per heavy atom. The van der Waals surface area contributed by atoms with Crippen molar-refractivity contribution in [3.05, 3.63) is 23.8 Å². The summed E-state index contributed by atoms with van der Waals surface area (Å²) in [7, 11) is 0. The molecule has 0 aromatic carbocycles. The van der Waals surface area contributed by atoms with E-state index in [9.17, 15) is 0 Å². The van der Waals surface area contributed by atoms with E-state index in [0.717, 1.165) is 11.8 Å². The van der Waals surface area contributed by atoms with Crippen molar-refractivity contribution >= 4 is 0 Å². The van der Waals surface area contributed by atoms with Crippen LogP contribution in [0, 0.1) is 17.3 Å². The molecule has 2 aliphatic rings. The van der Waals surface area contributed by atoms with Crippen molar-refractivity contribution in [2.45, 2.75) is 52.9 Å². The first-order valence-corrected chi connectivity index (χ1v) is 6.45. The summed E-state index contributed by atoms with van der Waals surface area (Å²) in [6.07, 6.45) is 9.02. The Kier molecular flexibility index (Phi) is 2.79. The molecule has 3 atom stereocenters. The summed E-state index contributed by atoms with van der Waals surface area (Å²) in [4.78, 5) is 0. The topological polar surface area (TPSA) is 0 Å². The summed E-state index contributed by atoms with van der Waals surface area (Å²) in [5, 5.41) is 0. The molecule has 0 radical (unpaired) electrons. The van der Waals surface area contributed by atoms with Gasteiger partial charge in [0.15, 0.2) is 0 Å². The summed E-state index contributed by atoms with van der Waals surface area (Å²) in [5.74, 6) is 1.76. The van der Waals surface area contributed by atoms with E-state index >= 15 is 0 Å². The lowest BCUT2D eigenvalue weighted by Crippen LogP contribution is -2.32. The second kappa shape index (κ2) is 3.81. The fourth-order valence-electron chi connectivity index (χ4n) is 4.09. The number of rotatable bonds is 2. The Morgan fingerprint density at radius 1 is 1.47 bits per heavy atom. The van der Waals surface area contributed by atoms with E-state index in [1.54, 1.807) is 11.1 Å². The summed E-state index contributed by atoms with van der Waals surface area (Å²) in [6.45, 7) is 11.2. The monoisotopic (exact) mass is 204 g/mol. The predicted octanol–water partition coefficient (Wildman–Crippen LogP) is 4.73. The molecule has 0 amide bonds. The largest absolute Gasteiger partial charge is 0.0988 e. The lowest BCUT2D eigenvalue weighted by Gasteiger charge is -2.42. The van der Waals surface area contributed by atoms with Crippen LogP contribution in [0.15, 0.2) is 23.8 Å². The van der Waals surface area contributed by atoms with Gasteiger partial charge in [-0.1, -0.05) is 38.5 Å². The molecular weight excluding hydrogens is 180 g/mol. The van der Waals surface area contributed by atoms with E-state index in [2.05, 4.69) is 33.4 Å². The lowest BCUT2D eigenvalue weighted by molar-refractivity contribution is 0.149. The van der Waals surface area contributed by atoms with Crippen LogP contribution in [-0.2, 0) is 0 Å². The average Bonchev–Trinajstić information content (AvgIpc) is 2.56. The molecule has 0 heteroatoms. The SMILES string of the molecule is C=CC1=C(C)CCC2(C)C(CC)CCC12. The van der Waals surface area contributed by atoms with Crippen molar-refractivity contribution in [1.29, 1.82) is 0 Å². The van der Waals surface area contributed by atoms with Crippen LogP contribution in [0.5, 0.6) is 0 Å². The third-order valence-corrected chi connectivity index (χ3v) is 5.15. The molecule has 3 unspecified atom stereocenters. The van der Waals surface area contributed by atoms with Crippen molar-refractivity contribution in [2.75, 3.05) is 0 Å². The van der Waals surface area contributed by atoms with Crippen LogP contribution < -0.4 is 0 Å². The normalized spacial score (nSPS) is 40.5. The Labute approximate surface area is 94.5 Å². The van der Waals surface area contributed by atoms with Crippen molar-refractivity contribution < 1.29 is 0 Å². The Bertz CT molecular complexity index is 297. The molecule has 2 aliphatic carbocycles. The van der Waals surface area contributed by atoms with Gasteiger partial charge in [0, 0.05) is 0 Å². The molecule has 0 bridgehead atoms. The maximum absolute atomic E-state index is 4.02. The molecule has 0 aromatic rings. The van der Waals surface area contributed by atoms with Gasteiger partial charge in [0.05, 0.1) is 0 Å². The van der Waals surface area contributed by atoms with Crippen molar-refractivity contribution in [3.63, 3.8) is 0 Å². The quantitative estimate of drug-likeness (QED) is 0.610. The zero-order chi connectivity index (χ0) is 11.1. The van der Waals surface area contributed by atoms with Gasteiger partial charge < -0.3 is 0 Å². The maximum Gasteiger partial charge on any atom is -0.0106 e. The van der Waals surface area contributed by atoms with Crippen LogP contribution in [0.2, 0.25) is 0 Å². The highest BCUT2D eigenvalue weighted by molar-refractivity contribution is 5.32. The van der Waals surface area contributed by atoms with Gasteiger partial charge in [0.25, 0.3) is 0 Å². The minimum absolute atomic E-state index is 0.581. The molecule has 0 saturated heterocycles. The third-order valence-electron chi connectivity index (χ3n) is 5.15. The van der Waals surface area contributed by atoms with Crippen LogP contribution in [0.4, 0.5) is 0 Å². The number of hydrogen-bond acceptors (Lipinski definition) is 0. The standard InChI is InChI=1S/C15H24/c1-5-12-7-8-14-13(6-2)11(3)9-10-15(12,14)4/h6,12,14H,2,5,7-10H2,1,3-4H3. The zero-order valence-corrected chi connectivity index (χ0v) is 10.5. The van der Waals surface area contributed by atoms with Gasteiger partial charge in [0.2, 0.25) is 0 Å². The van der Waals surface area contributed by atoms with E-state index in [-0.39, 0.29) is 0 Å². The second-order valence-corrected chi connectivity index (χ2v) is 5.68. The van der Waals surface area contributed by atoms with Crippen LogP contribution >= 0.6 is 0 Å². The molecule has 84 valence electrons. The van der Waals surface area contributed by atoms with E-state index in [0.29, 0.717) is 5.41 Å². The highest BCUT2D eigenvalue weighted by atomic mass is 14.5. The van der Waals surface area contributed by atoms with Crippen molar-refractivity contribution in [2.24, 2.45) is 17.3 Å². The van der Waals surface area contributed by atoms with Gasteiger partial charge in [-0.3, -0.25) is 0 Å². The van der Waals surface area contributed by atoms with Crippen LogP contribution in [0.3, 0.4) is 0 Å². The number of fused-ring (bicyclic) bond motifs is 1. The molecule has 0 N–H and O–H groups in total. The highest BCUT2D eigenvalue weighted by Gasteiger charge is 2.48. The summed E-state index contributed by atoms with van der Waals surface area (Å²) in [6, 6.07) is 0. The number of allylic oxidation sites excluding steroid dienone is 3. The van der Waals surface area contributed by atoms with Crippen LogP contribution in [0.25, 0.3) is 0 Å². The molecule has 0 aromatic heterocycles. The highest BCUT2D eigenvalue weighted by Crippen LogP contribution is 2.58. The van der Waals surface area contributed by atoms with Gasteiger partial charge in [-0.25, -0.2) is 0 Å². The predicted molar refractivity (Wildman–Crippen MR) is 66.7 cm³/mol. The van der Waals surface area contributed by atoms with Gasteiger partial charge in [-0.2, -0.15) is 0 Å². The molecule has 0 spiro atoms. The minimum Gasteiger partial charge on any atom is -0.0988 e. The van der Waals surface area contributed by atoms with Gasteiger partial charge in [0.1, 0.15) is 0 Å². The summed E-state index contributed by atoms with van der Waals surface area (Å²) in [5.41, 5.74) is 3.77. The van der Waals surface area contributed by atoms with Crippen LogP contribution in [-0.4, -0.2) is 0 Å². The van der Waals surface area contributed by atoms with Crippen molar-refractivity contribution in [3.8, 4) is 0 Å². The first kappa shape index (κ1) is 11.0. The fraction of sp³-hybridized carbons (Fsp3) is 0.733. The van der Waals surface area contributed by atoms with Gasteiger partial charge in [-0.15, -0.1) is 0 Å².